The van der Waals surface area contributed by atoms with Crippen molar-refractivity contribution in [3.63, 3.8) is 0 Å². The maximum absolute atomic E-state index is 13.2. The van der Waals surface area contributed by atoms with Crippen molar-refractivity contribution in [1.29, 1.82) is 0 Å². The Hall–Kier alpha value is -4.04. The summed E-state index contributed by atoms with van der Waals surface area (Å²) in [5, 5.41) is 0. The number of carbonyl (C=O) groups excluding carboxylic acids is 2. The van der Waals surface area contributed by atoms with Crippen LogP contribution >= 0.6 is 0 Å². The molecule has 0 bridgehead atoms. The largest absolute Gasteiger partial charge is 0.497 e. The van der Waals surface area contributed by atoms with Gasteiger partial charge in [-0.3, -0.25) is 19.4 Å². The molecule has 1 fully saturated rings. The molecule has 0 atom stereocenters. The van der Waals surface area contributed by atoms with E-state index >= 15 is 0 Å². The summed E-state index contributed by atoms with van der Waals surface area (Å²) in [5.74, 6) is 1.73. The molecule has 0 aromatic heterocycles. The summed E-state index contributed by atoms with van der Waals surface area (Å²) in [6.07, 6.45) is 2.16. The highest BCUT2D eigenvalue weighted by Crippen LogP contribution is 2.36. The smallest absolute Gasteiger partial charge is 0.262 e. The molecule has 0 spiro atoms. The van der Waals surface area contributed by atoms with Crippen molar-refractivity contribution in [3.05, 3.63) is 82.9 Å². The van der Waals surface area contributed by atoms with Gasteiger partial charge in [0.2, 0.25) is 0 Å². The molecule has 0 N–H and O–H groups in total. The van der Waals surface area contributed by atoms with Crippen molar-refractivity contribution in [2.75, 3.05) is 34.0 Å². The van der Waals surface area contributed by atoms with Crippen LogP contribution in [0, 0.1) is 0 Å². The van der Waals surface area contributed by atoms with Crippen molar-refractivity contribution in [2.24, 2.45) is 0 Å². The zero-order valence-electron chi connectivity index (χ0n) is 21.1. The van der Waals surface area contributed by atoms with Crippen molar-refractivity contribution in [2.45, 2.75) is 26.1 Å². The zero-order valence-corrected chi connectivity index (χ0v) is 21.1. The van der Waals surface area contributed by atoms with Gasteiger partial charge in [-0.15, -0.1) is 0 Å². The maximum atomic E-state index is 13.2. The van der Waals surface area contributed by atoms with Gasteiger partial charge in [-0.05, 0) is 73.5 Å². The number of methoxy groups -OCH3 is 2. The molecule has 2 aliphatic rings. The first-order valence-electron chi connectivity index (χ1n) is 12.3. The number of amides is 2. The normalized spacial score (nSPS) is 15.1. The molecule has 8 heteroatoms. The van der Waals surface area contributed by atoms with E-state index in [1.807, 2.05) is 48.5 Å². The molecule has 5 rings (SSSR count). The molecule has 37 heavy (non-hydrogen) atoms. The molecule has 0 saturated carbocycles. The highest BCUT2D eigenvalue weighted by atomic mass is 16.5. The van der Waals surface area contributed by atoms with E-state index in [1.54, 1.807) is 26.4 Å². The van der Waals surface area contributed by atoms with Gasteiger partial charge in [-0.2, -0.15) is 0 Å². The molecule has 3 aromatic carbocycles. The van der Waals surface area contributed by atoms with E-state index in [9.17, 15) is 9.59 Å². The van der Waals surface area contributed by atoms with Gasteiger partial charge in [0.1, 0.15) is 24.7 Å². The molecular weight excluding hydrogens is 472 g/mol. The molecule has 2 amide bonds. The van der Waals surface area contributed by atoms with E-state index in [1.165, 1.54) is 4.90 Å². The van der Waals surface area contributed by atoms with Crippen LogP contribution in [-0.4, -0.2) is 55.6 Å². The van der Waals surface area contributed by atoms with Crippen LogP contribution in [0.2, 0.25) is 0 Å². The Morgan fingerprint density at radius 1 is 0.676 bits per heavy atom. The van der Waals surface area contributed by atoms with Crippen molar-refractivity contribution >= 4 is 11.8 Å². The average Bonchev–Trinajstić information content (AvgIpc) is 3.54. The van der Waals surface area contributed by atoms with Crippen molar-refractivity contribution in [3.8, 4) is 23.0 Å². The van der Waals surface area contributed by atoms with Crippen LogP contribution in [-0.2, 0) is 13.2 Å². The van der Waals surface area contributed by atoms with E-state index in [2.05, 4.69) is 4.90 Å². The highest BCUT2D eigenvalue weighted by Gasteiger charge is 2.38. The Bertz CT molecular complexity index is 1180. The van der Waals surface area contributed by atoms with Gasteiger partial charge < -0.3 is 18.9 Å². The van der Waals surface area contributed by atoms with E-state index < -0.39 is 0 Å². The van der Waals surface area contributed by atoms with E-state index in [0.717, 1.165) is 48.6 Å². The topological polar surface area (TPSA) is 77.5 Å². The molecule has 192 valence electrons. The number of benzene rings is 3. The van der Waals surface area contributed by atoms with Crippen LogP contribution in [0.25, 0.3) is 0 Å². The number of ether oxygens (including phenoxy) is 4. The fourth-order valence-corrected chi connectivity index (χ4v) is 4.54. The van der Waals surface area contributed by atoms with Crippen molar-refractivity contribution < 1.29 is 28.5 Å². The Balaban J connectivity index is 1.39. The lowest BCUT2D eigenvalue weighted by atomic mass is 10.1. The van der Waals surface area contributed by atoms with Crippen LogP contribution in [0.1, 0.15) is 44.7 Å². The summed E-state index contributed by atoms with van der Waals surface area (Å²) in [6, 6.07) is 18.4. The minimum absolute atomic E-state index is 0.265. The third-order valence-corrected chi connectivity index (χ3v) is 6.68. The lowest BCUT2D eigenvalue weighted by Crippen LogP contribution is -2.39. The molecule has 0 aliphatic carbocycles. The second kappa shape index (κ2) is 10.9. The predicted molar refractivity (Wildman–Crippen MR) is 137 cm³/mol. The second-order valence-corrected chi connectivity index (χ2v) is 9.12. The summed E-state index contributed by atoms with van der Waals surface area (Å²) in [4.78, 5) is 29.8. The summed E-state index contributed by atoms with van der Waals surface area (Å²) in [5.41, 5.74) is 2.54. The highest BCUT2D eigenvalue weighted by molar-refractivity contribution is 6.21. The quantitative estimate of drug-likeness (QED) is 0.378. The number of nitrogens with zero attached hydrogens (tertiary/aromatic N) is 2. The summed E-state index contributed by atoms with van der Waals surface area (Å²) in [7, 11) is 3.24. The number of carbonyl (C=O) groups is 2. The summed E-state index contributed by atoms with van der Waals surface area (Å²) >= 11 is 0. The van der Waals surface area contributed by atoms with E-state index in [0.29, 0.717) is 29.3 Å². The van der Waals surface area contributed by atoms with Crippen molar-refractivity contribution in [1.82, 2.24) is 9.80 Å². The van der Waals surface area contributed by atoms with E-state index in [-0.39, 0.29) is 25.0 Å². The Morgan fingerprint density at radius 3 is 1.51 bits per heavy atom. The van der Waals surface area contributed by atoms with Crippen LogP contribution in [0.3, 0.4) is 0 Å². The minimum atomic E-state index is -0.303. The fraction of sp³-hybridized carbons (Fsp3) is 0.310. The third kappa shape index (κ3) is 5.39. The van der Waals surface area contributed by atoms with Crippen LogP contribution in [0.5, 0.6) is 23.0 Å². The molecule has 2 aliphatic heterocycles. The summed E-state index contributed by atoms with van der Waals surface area (Å²) in [6.45, 7) is 2.61. The zero-order chi connectivity index (χ0) is 25.8. The van der Waals surface area contributed by atoms with Gasteiger partial charge in [0.05, 0.1) is 32.0 Å². The van der Waals surface area contributed by atoms with Crippen LogP contribution in [0.4, 0.5) is 0 Å². The molecule has 0 unspecified atom stereocenters. The first-order valence-corrected chi connectivity index (χ1v) is 12.3. The van der Waals surface area contributed by atoms with Crippen LogP contribution in [0.15, 0.2) is 60.7 Å². The molecule has 0 radical (unpaired) electrons. The Kier molecular flexibility index (Phi) is 7.28. The van der Waals surface area contributed by atoms with Gasteiger partial charge in [0.25, 0.3) is 11.8 Å². The lowest BCUT2D eigenvalue weighted by molar-refractivity contribution is 0.0564. The molecule has 2 heterocycles. The van der Waals surface area contributed by atoms with Gasteiger partial charge in [0.15, 0.2) is 11.5 Å². The number of hydrogen-bond donors (Lipinski definition) is 0. The number of imide groups is 1. The van der Waals surface area contributed by atoms with Crippen LogP contribution < -0.4 is 18.9 Å². The third-order valence-electron chi connectivity index (χ3n) is 6.68. The minimum Gasteiger partial charge on any atom is -0.497 e. The Labute approximate surface area is 216 Å². The molecule has 3 aromatic rings. The molecule has 1 saturated heterocycles. The van der Waals surface area contributed by atoms with E-state index in [4.69, 9.17) is 18.9 Å². The first kappa shape index (κ1) is 24.6. The summed E-state index contributed by atoms with van der Waals surface area (Å²) < 4.78 is 22.7. The maximum Gasteiger partial charge on any atom is 0.262 e. The number of likely N-dealkylation sites (tertiary alicyclic amines) is 1. The van der Waals surface area contributed by atoms with Gasteiger partial charge in [-0.25, -0.2) is 0 Å². The second-order valence-electron chi connectivity index (χ2n) is 9.12. The monoisotopic (exact) mass is 502 g/mol. The standard InChI is InChI=1S/C29H30N2O6/c1-34-22-9-5-20(6-10-22)17-36-26-15-24-25(29(33)31(28(24)32)19-30-13-3-4-14-30)16-27(26)37-18-21-7-11-23(35-2)12-8-21/h5-12,15-16H,3-4,13-14,17-19H2,1-2H3. The predicted octanol–water partition coefficient (Wildman–Crippen LogP) is 4.51. The molecular formula is C29H30N2O6. The first-order chi connectivity index (χ1) is 18.1. The Morgan fingerprint density at radius 2 is 1.11 bits per heavy atom. The lowest BCUT2D eigenvalue weighted by Gasteiger charge is -2.21. The fourth-order valence-electron chi connectivity index (χ4n) is 4.54. The number of fused-ring (bicyclic) bond motifs is 1. The van der Waals surface area contributed by atoms with Gasteiger partial charge in [-0.1, -0.05) is 24.3 Å². The number of hydrogen-bond acceptors (Lipinski definition) is 7. The molecule has 8 nitrogen and oxygen atoms in total. The number of rotatable bonds is 10. The average molecular weight is 503 g/mol. The SMILES string of the molecule is COc1ccc(COc2cc3c(cc2OCc2ccc(OC)cc2)C(=O)N(CN2CCCC2)C3=O)cc1. The van der Waals surface area contributed by atoms with Gasteiger partial charge >= 0.3 is 0 Å². The van der Waals surface area contributed by atoms with Gasteiger partial charge in [0, 0.05) is 0 Å².